The number of hydrogen-bond donors (Lipinski definition) is 0. The molecule has 76 valence electrons. The van der Waals surface area contributed by atoms with Crippen molar-refractivity contribution in [3.8, 4) is 0 Å². The van der Waals surface area contributed by atoms with Gasteiger partial charge in [-0.05, 0) is 12.8 Å². The van der Waals surface area contributed by atoms with Crippen LogP contribution in [-0.4, -0.2) is 12.6 Å². The van der Waals surface area contributed by atoms with Gasteiger partial charge in [0, 0.05) is 0 Å². The molecule has 0 aliphatic heterocycles. The summed E-state index contributed by atoms with van der Waals surface area (Å²) in [6.07, 6.45) is 5.70. The van der Waals surface area contributed by atoms with Gasteiger partial charge in [-0.15, -0.1) is 6.58 Å². The Morgan fingerprint density at radius 2 is 2.23 bits per heavy atom. The molecule has 2 heteroatoms. The zero-order valence-corrected chi connectivity index (χ0v) is 8.71. The van der Waals surface area contributed by atoms with Crippen LogP contribution in [0.5, 0.6) is 0 Å². The molecule has 0 aromatic heterocycles. The molecule has 0 N–H and O–H groups in total. The largest absolute Gasteiger partial charge is 0.465 e. The average Bonchev–Trinajstić information content (AvgIpc) is 2.12. The van der Waals surface area contributed by atoms with Crippen LogP contribution < -0.4 is 0 Å². The van der Waals surface area contributed by atoms with Crippen LogP contribution in [0.1, 0.15) is 39.5 Å². The predicted octanol–water partition coefficient (Wildman–Crippen LogP) is 2.93. The number of esters is 1. The molecule has 0 aromatic carbocycles. The van der Waals surface area contributed by atoms with Crippen LogP contribution in [0.15, 0.2) is 12.7 Å². The summed E-state index contributed by atoms with van der Waals surface area (Å²) in [4.78, 5) is 11.2. The van der Waals surface area contributed by atoms with E-state index in [-0.39, 0.29) is 11.9 Å². The number of rotatable bonds is 7. The fourth-order valence-corrected chi connectivity index (χ4v) is 1.01. The van der Waals surface area contributed by atoms with Crippen molar-refractivity contribution in [2.45, 2.75) is 39.5 Å². The van der Waals surface area contributed by atoms with Crippen molar-refractivity contribution >= 4 is 5.97 Å². The van der Waals surface area contributed by atoms with E-state index in [1.165, 1.54) is 0 Å². The van der Waals surface area contributed by atoms with E-state index < -0.39 is 0 Å². The van der Waals surface area contributed by atoms with Gasteiger partial charge < -0.3 is 4.74 Å². The lowest BCUT2D eigenvalue weighted by molar-refractivity contribution is -0.147. The van der Waals surface area contributed by atoms with Gasteiger partial charge in [0.25, 0.3) is 0 Å². The Labute approximate surface area is 81.0 Å². The average molecular weight is 184 g/mol. The Kier molecular flexibility index (Phi) is 7.36. The summed E-state index contributed by atoms with van der Waals surface area (Å²) >= 11 is 0. The molecule has 0 saturated heterocycles. The molecule has 0 amide bonds. The highest BCUT2D eigenvalue weighted by Gasteiger charge is 2.11. The third kappa shape index (κ3) is 6.38. The molecule has 1 unspecified atom stereocenters. The number of hydrogen-bond acceptors (Lipinski definition) is 2. The van der Waals surface area contributed by atoms with Gasteiger partial charge in [-0.2, -0.15) is 0 Å². The van der Waals surface area contributed by atoms with Crippen molar-refractivity contribution in [2.75, 3.05) is 6.61 Å². The lowest BCUT2D eigenvalue weighted by Gasteiger charge is -2.08. The second-order valence-corrected chi connectivity index (χ2v) is 3.30. The highest BCUT2D eigenvalue weighted by Crippen LogP contribution is 2.05. The maximum absolute atomic E-state index is 11.2. The maximum atomic E-state index is 11.2. The van der Waals surface area contributed by atoms with Crippen molar-refractivity contribution in [3.05, 3.63) is 12.7 Å². The van der Waals surface area contributed by atoms with Gasteiger partial charge in [-0.25, -0.2) is 0 Å². The quantitative estimate of drug-likeness (QED) is 0.345. The lowest BCUT2D eigenvalue weighted by atomic mass is 10.1. The Morgan fingerprint density at radius 1 is 1.54 bits per heavy atom. The van der Waals surface area contributed by atoms with E-state index in [0.29, 0.717) is 13.0 Å². The predicted molar refractivity (Wildman–Crippen MR) is 54.5 cm³/mol. The minimum absolute atomic E-state index is 0.0425. The van der Waals surface area contributed by atoms with Crippen LogP contribution in [0.25, 0.3) is 0 Å². The standard InChI is InChI=1S/C11H20O2/c1-4-6-7-9-13-11(12)10(3)8-5-2/h5,10H,2,4,6-9H2,1,3H3. The van der Waals surface area contributed by atoms with Gasteiger partial charge >= 0.3 is 5.97 Å². The molecular formula is C11H20O2. The normalized spacial score (nSPS) is 12.2. The topological polar surface area (TPSA) is 26.3 Å². The second-order valence-electron chi connectivity index (χ2n) is 3.30. The monoisotopic (exact) mass is 184 g/mol. The third-order valence-electron chi connectivity index (χ3n) is 1.91. The molecule has 0 spiro atoms. The molecule has 13 heavy (non-hydrogen) atoms. The summed E-state index contributed by atoms with van der Waals surface area (Å²) in [6, 6.07) is 0. The van der Waals surface area contributed by atoms with E-state index in [0.717, 1.165) is 19.3 Å². The van der Waals surface area contributed by atoms with Crippen LogP contribution in [0.3, 0.4) is 0 Å². The van der Waals surface area contributed by atoms with Crippen LogP contribution >= 0.6 is 0 Å². The molecule has 0 radical (unpaired) electrons. The number of allylic oxidation sites excluding steroid dienone is 1. The van der Waals surface area contributed by atoms with E-state index in [4.69, 9.17) is 4.74 Å². The second kappa shape index (κ2) is 7.84. The van der Waals surface area contributed by atoms with Gasteiger partial charge in [0.05, 0.1) is 12.5 Å². The van der Waals surface area contributed by atoms with E-state index in [2.05, 4.69) is 13.5 Å². The fraction of sp³-hybridized carbons (Fsp3) is 0.727. The Balaban J connectivity index is 3.44. The number of unbranched alkanes of at least 4 members (excludes halogenated alkanes) is 2. The molecule has 0 bridgehead atoms. The summed E-state index contributed by atoms with van der Waals surface area (Å²) in [5, 5.41) is 0. The Bertz CT molecular complexity index is 152. The van der Waals surface area contributed by atoms with E-state index in [1.54, 1.807) is 6.08 Å². The van der Waals surface area contributed by atoms with Crippen LogP contribution in [0.2, 0.25) is 0 Å². The maximum Gasteiger partial charge on any atom is 0.308 e. The Hall–Kier alpha value is -0.790. The van der Waals surface area contributed by atoms with Crippen molar-refractivity contribution < 1.29 is 9.53 Å². The van der Waals surface area contributed by atoms with Gasteiger partial charge in [-0.1, -0.05) is 32.8 Å². The fourth-order valence-electron chi connectivity index (χ4n) is 1.01. The van der Waals surface area contributed by atoms with Crippen LogP contribution in [-0.2, 0) is 9.53 Å². The summed E-state index contributed by atoms with van der Waals surface area (Å²) in [6.45, 7) is 8.14. The first-order valence-electron chi connectivity index (χ1n) is 4.99. The molecule has 0 aromatic rings. The first-order chi connectivity index (χ1) is 6.22. The van der Waals surface area contributed by atoms with Crippen LogP contribution in [0.4, 0.5) is 0 Å². The smallest absolute Gasteiger partial charge is 0.308 e. The number of carbonyl (C=O) groups is 1. The first-order valence-corrected chi connectivity index (χ1v) is 4.99. The molecule has 0 rings (SSSR count). The van der Waals surface area contributed by atoms with Gasteiger partial charge in [0.15, 0.2) is 0 Å². The minimum Gasteiger partial charge on any atom is -0.465 e. The van der Waals surface area contributed by atoms with Crippen molar-refractivity contribution in [3.63, 3.8) is 0 Å². The van der Waals surface area contributed by atoms with Gasteiger partial charge in [0.2, 0.25) is 0 Å². The van der Waals surface area contributed by atoms with Gasteiger partial charge in [-0.3, -0.25) is 4.79 Å². The zero-order valence-electron chi connectivity index (χ0n) is 8.71. The highest BCUT2D eigenvalue weighted by atomic mass is 16.5. The SMILES string of the molecule is C=CCC(C)C(=O)OCCCCC. The third-order valence-corrected chi connectivity index (χ3v) is 1.91. The van der Waals surface area contributed by atoms with Crippen molar-refractivity contribution in [2.24, 2.45) is 5.92 Å². The first kappa shape index (κ1) is 12.2. The van der Waals surface area contributed by atoms with E-state index in [1.807, 2.05) is 6.92 Å². The van der Waals surface area contributed by atoms with E-state index >= 15 is 0 Å². The summed E-state index contributed by atoms with van der Waals surface area (Å²) in [5.41, 5.74) is 0. The zero-order chi connectivity index (χ0) is 10.1. The van der Waals surface area contributed by atoms with Crippen molar-refractivity contribution in [1.29, 1.82) is 0 Å². The minimum atomic E-state index is -0.101. The molecule has 0 aliphatic rings. The molecule has 1 atom stereocenters. The molecule has 0 saturated carbocycles. The van der Waals surface area contributed by atoms with Crippen molar-refractivity contribution in [1.82, 2.24) is 0 Å². The van der Waals surface area contributed by atoms with Gasteiger partial charge in [0.1, 0.15) is 0 Å². The molecule has 0 aliphatic carbocycles. The summed E-state index contributed by atoms with van der Waals surface area (Å²) in [7, 11) is 0. The summed E-state index contributed by atoms with van der Waals surface area (Å²) in [5.74, 6) is -0.143. The summed E-state index contributed by atoms with van der Waals surface area (Å²) < 4.78 is 5.07. The lowest BCUT2D eigenvalue weighted by Crippen LogP contribution is -2.14. The number of ether oxygens (including phenoxy) is 1. The molecule has 0 heterocycles. The number of carbonyl (C=O) groups excluding carboxylic acids is 1. The highest BCUT2D eigenvalue weighted by molar-refractivity contribution is 5.72. The van der Waals surface area contributed by atoms with E-state index in [9.17, 15) is 4.79 Å². The molecule has 0 fully saturated rings. The molecular weight excluding hydrogens is 164 g/mol. The van der Waals surface area contributed by atoms with Crippen LogP contribution in [0, 0.1) is 5.92 Å². The Morgan fingerprint density at radius 3 is 2.77 bits per heavy atom. The molecule has 2 nitrogen and oxygen atoms in total.